The highest BCUT2D eigenvalue weighted by atomic mass is 16.4. The maximum absolute atomic E-state index is 12.2. The number of aliphatic carboxylic acids is 1. The van der Waals surface area contributed by atoms with Crippen LogP contribution in [0.2, 0.25) is 0 Å². The molecule has 1 aliphatic heterocycles. The summed E-state index contributed by atoms with van der Waals surface area (Å²) in [5.41, 5.74) is 0. The van der Waals surface area contributed by atoms with E-state index in [2.05, 4.69) is 10.3 Å². The van der Waals surface area contributed by atoms with E-state index in [1.54, 1.807) is 20.0 Å². The van der Waals surface area contributed by atoms with Crippen molar-refractivity contribution in [2.24, 2.45) is 5.92 Å². The van der Waals surface area contributed by atoms with Gasteiger partial charge in [-0.15, -0.1) is 0 Å². The van der Waals surface area contributed by atoms with E-state index < -0.39 is 24.1 Å². The van der Waals surface area contributed by atoms with E-state index in [0.717, 1.165) is 0 Å². The number of urea groups is 1. The fraction of sp³-hybridized carbons (Fsp3) is 0.615. The molecule has 20 heavy (non-hydrogen) atoms. The molecule has 0 aliphatic carbocycles. The van der Waals surface area contributed by atoms with Crippen molar-refractivity contribution in [2.45, 2.75) is 39.3 Å². The molecule has 3 atom stereocenters. The topological polar surface area (TPSA) is 95.7 Å². The number of rotatable bonds is 3. The number of carbonyl (C=O) groups excluding carboxylic acids is 1. The Hall–Kier alpha value is -2.05. The lowest BCUT2D eigenvalue weighted by Crippen LogP contribution is -2.48. The number of carboxylic acid groups (broad SMARTS) is 1. The van der Waals surface area contributed by atoms with Crippen LogP contribution >= 0.6 is 0 Å². The van der Waals surface area contributed by atoms with Crippen molar-refractivity contribution in [1.29, 1.82) is 0 Å². The molecule has 7 nitrogen and oxygen atoms in total. The summed E-state index contributed by atoms with van der Waals surface area (Å²) in [5.74, 6) is 0.0663. The van der Waals surface area contributed by atoms with Crippen LogP contribution in [0.1, 0.15) is 38.0 Å². The Labute approximate surface area is 117 Å². The van der Waals surface area contributed by atoms with Gasteiger partial charge in [-0.25, -0.2) is 14.6 Å². The highest BCUT2D eigenvalue weighted by Crippen LogP contribution is 2.24. The van der Waals surface area contributed by atoms with E-state index >= 15 is 0 Å². The van der Waals surface area contributed by atoms with Gasteiger partial charge in [0.25, 0.3) is 0 Å². The Kier molecular flexibility index (Phi) is 3.96. The number of nitrogens with one attached hydrogen (secondary N) is 1. The number of carbonyl (C=O) groups is 2. The lowest BCUT2D eigenvalue weighted by molar-refractivity contribution is -0.142. The monoisotopic (exact) mass is 281 g/mol. The molecule has 2 heterocycles. The molecule has 0 radical (unpaired) electrons. The van der Waals surface area contributed by atoms with Crippen LogP contribution < -0.4 is 5.32 Å². The van der Waals surface area contributed by atoms with Gasteiger partial charge in [-0.2, -0.15) is 0 Å². The number of carboxylic acids is 1. The first kappa shape index (κ1) is 14.4. The third kappa shape index (κ3) is 2.76. The Morgan fingerprint density at radius 3 is 2.85 bits per heavy atom. The van der Waals surface area contributed by atoms with Gasteiger partial charge in [-0.1, -0.05) is 6.92 Å². The number of nitrogens with zero attached hydrogens (tertiary/aromatic N) is 2. The minimum absolute atomic E-state index is 0.0439. The summed E-state index contributed by atoms with van der Waals surface area (Å²) < 4.78 is 5.34. The molecule has 1 aromatic heterocycles. The summed E-state index contributed by atoms with van der Waals surface area (Å²) in [5, 5.41) is 11.9. The molecule has 2 N–H and O–H groups in total. The zero-order valence-corrected chi connectivity index (χ0v) is 11.8. The van der Waals surface area contributed by atoms with Crippen LogP contribution in [0.3, 0.4) is 0 Å². The predicted octanol–water partition coefficient (Wildman–Crippen LogP) is 1.55. The molecule has 0 aromatic carbocycles. The summed E-state index contributed by atoms with van der Waals surface area (Å²) in [4.78, 5) is 28.8. The van der Waals surface area contributed by atoms with Crippen molar-refractivity contribution in [3.05, 3.63) is 17.8 Å². The molecular formula is C13H19N3O4. The average Bonchev–Trinajstić information content (AvgIpc) is 2.95. The molecule has 0 spiro atoms. The maximum atomic E-state index is 12.2. The average molecular weight is 281 g/mol. The third-order valence-corrected chi connectivity index (χ3v) is 3.56. The van der Waals surface area contributed by atoms with Crippen LogP contribution in [-0.2, 0) is 4.79 Å². The standard InChI is InChI=1S/C13H19N3O4/c1-7-4-5-16(10(7)12(17)18)13(19)15-9(3)11-14-6-8(2)20-11/h6-7,9-10H,4-5H2,1-3H3,(H,15,19)(H,17,18). The smallest absolute Gasteiger partial charge is 0.326 e. The van der Waals surface area contributed by atoms with Crippen molar-refractivity contribution in [2.75, 3.05) is 6.54 Å². The van der Waals surface area contributed by atoms with E-state index in [-0.39, 0.29) is 5.92 Å². The van der Waals surface area contributed by atoms with Gasteiger partial charge in [0.15, 0.2) is 0 Å². The summed E-state index contributed by atoms with van der Waals surface area (Å²) in [7, 11) is 0. The van der Waals surface area contributed by atoms with E-state index in [4.69, 9.17) is 4.42 Å². The summed E-state index contributed by atoms with van der Waals surface area (Å²) >= 11 is 0. The second-order valence-electron chi connectivity index (χ2n) is 5.22. The molecule has 3 unspecified atom stereocenters. The van der Waals surface area contributed by atoms with Gasteiger partial charge in [0, 0.05) is 6.54 Å². The third-order valence-electron chi connectivity index (χ3n) is 3.56. The molecule has 110 valence electrons. The fourth-order valence-electron chi connectivity index (χ4n) is 2.45. The number of amides is 2. The normalized spacial score (nSPS) is 23.6. The van der Waals surface area contributed by atoms with Crippen molar-refractivity contribution < 1.29 is 19.1 Å². The van der Waals surface area contributed by atoms with E-state index in [9.17, 15) is 14.7 Å². The second kappa shape index (κ2) is 5.52. The summed E-state index contributed by atoms with van der Waals surface area (Å²) in [6, 6.07) is -1.57. The molecule has 2 rings (SSSR count). The van der Waals surface area contributed by atoms with Crippen LogP contribution in [0.5, 0.6) is 0 Å². The predicted molar refractivity (Wildman–Crippen MR) is 70.1 cm³/mol. The lowest BCUT2D eigenvalue weighted by Gasteiger charge is -2.24. The van der Waals surface area contributed by atoms with E-state index in [0.29, 0.717) is 24.6 Å². The Morgan fingerprint density at radius 1 is 1.60 bits per heavy atom. The van der Waals surface area contributed by atoms with Gasteiger partial charge in [0.05, 0.1) is 6.20 Å². The van der Waals surface area contributed by atoms with Crippen LogP contribution in [0.4, 0.5) is 4.79 Å². The zero-order chi connectivity index (χ0) is 14.9. The number of hydrogen-bond donors (Lipinski definition) is 2. The molecular weight excluding hydrogens is 262 g/mol. The molecule has 7 heteroatoms. The highest BCUT2D eigenvalue weighted by molar-refractivity contribution is 5.83. The molecule has 2 amide bonds. The van der Waals surface area contributed by atoms with E-state index in [1.807, 2.05) is 6.92 Å². The van der Waals surface area contributed by atoms with Crippen LogP contribution in [0.15, 0.2) is 10.6 Å². The van der Waals surface area contributed by atoms with Crippen LogP contribution in [-0.4, -0.2) is 39.6 Å². The van der Waals surface area contributed by atoms with Crippen LogP contribution in [0.25, 0.3) is 0 Å². The first-order chi connectivity index (χ1) is 9.40. The second-order valence-corrected chi connectivity index (χ2v) is 5.22. The van der Waals surface area contributed by atoms with E-state index in [1.165, 1.54) is 4.90 Å². The number of oxazole rings is 1. The minimum Gasteiger partial charge on any atom is -0.480 e. The number of aryl methyl sites for hydroxylation is 1. The SMILES string of the molecule is Cc1cnc(C(C)NC(=O)N2CCC(C)C2C(=O)O)o1. The molecule has 0 saturated carbocycles. The molecule has 1 aromatic rings. The Morgan fingerprint density at radius 2 is 2.30 bits per heavy atom. The van der Waals surface area contributed by atoms with Gasteiger partial charge in [-0.05, 0) is 26.2 Å². The lowest BCUT2D eigenvalue weighted by atomic mass is 10.0. The Bertz CT molecular complexity index is 513. The molecule has 1 fully saturated rings. The first-order valence-electron chi connectivity index (χ1n) is 6.62. The quantitative estimate of drug-likeness (QED) is 0.876. The maximum Gasteiger partial charge on any atom is 0.326 e. The van der Waals surface area contributed by atoms with Crippen molar-refractivity contribution >= 4 is 12.0 Å². The largest absolute Gasteiger partial charge is 0.480 e. The Balaban J connectivity index is 2.03. The number of aromatic nitrogens is 1. The summed E-state index contributed by atoms with van der Waals surface area (Å²) in [6.45, 7) is 5.81. The van der Waals surface area contributed by atoms with Crippen molar-refractivity contribution in [3.8, 4) is 0 Å². The zero-order valence-electron chi connectivity index (χ0n) is 11.8. The van der Waals surface area contributed by atoms with Gasteiger partial charge in [-0.3, -0.25) is 0 Å². The number of hydrogen-bond acceptors (Lipinski definition) is 4. The van der Waals surface area contributed by atoms with Crippen molar-refractivity contribution in [1.82, 2.24) is 15.2 Å². The molecule has 0 bridgehead atoms. The van der Waals surface area contributed by atoms with Crippen LogP contribution in [0, 0.1) is 12.8 Å². The minimum atomic E-state index is -0.968. The highest BCUT2D eigenvalue weighted by Gasteiger charge is 2.39. The number of likely N-dealkylation sites (tertiary alicyclic amines) is 1. The van der Waals surface area contributed by atoms with Gasteiger partial charge in [0.2, 0.25) is 5.89 Å². The van der Waals surface area contributed by atoms with Gasteiger partial charge in [0.1, 0.15) is 17.8 Å². The molecule has 1 saturated heterocycles. The summed E-state index contributed by atoms with van der Waals surface area (Å²) in [6.07, 6.45) is 2.27. The molecule has 1 aliphatic rings. The fourth-order valence-corrected chi connectivity index (χ4v) is 2.45. The first-order valence-corrected chi connectivity index (χ1v) is 6.62. The van der Waals surface area contributed by atoms with Gasteiger partial charge < -0.3 is 19.7 Å². The van der Waals surface area contributed by atoms with Crippen molar-refractivity contribution in [3.63, 3.8) is 0 Å². The van der Waals surface area contributed by atoms with Gasteiger partial charge >= 0.3 is 12.0 Å².